The standard InChI is InChI=1S/C26H42N4O8/c1-15(2)13-35-19-12-20(36-14-16(3)4)18(22(32)28-30-24(34)38-26(8,9)10)11-17(19)21(31)27-29-23(33)37-25(5,6)7/h11-12,15-16H,13-14H2,1-10H3,(H,27,31)(H,28,32)(H,29,33)(H,30,34). The Labute approximate surface area is 224 Å². The van der Waals surface area contributed by atoms with E-state index in [0.717, 1.165) is 0 Å². The van der Waals surface area contributed by atoms with Crippen molar-refractivity contribution < 1.29 is 38.1 Å². The summed E-state index contributed by atoms with van der Waals surface area (Å²) in [7, 11) is 0. The van der Waals surface area contributed by atoms with Crippen molar-refractivity contribution >= 4 is 24.0 Å². The predicted octanol–water partition coefficient (Wildman–Crippen LogP) is 4.10. The minimum Gasteiger partial charge on any atom is -0.492 e. The van der Waals surface area contributed by atoms with Crippen LogP contribution in [0.2, 0.25) is 0 Å². The molecule has 12 heteroatoms. The summed E-state index contributed by atoms with van der Waals surface area (Å²) in [5.41, 5.74) is 7.20. The summed E-state index contributed by atoms with van der Waals surface area (Å²) < 4.78 is 21.9. The van der Waals surface area contributed by atoms with Crippen LogP contribution in [0.1, 0.15) is 90.0 Å². The average molecular weight is 539 g/mol. The summed E-state index contributed by atoms with van der Waals surface area (Å²) in [5, 5.41) is 0. The van der Waals surface area contributed by atoms with Crippen LogP contribution in [-0.2, 0) is 9.47 Å². The fourth-order valence-electron chi connectivity index (χ4n) is 2.63. The Bertz CT molecular complexity index is 919. The number of benzene rings is 1. The van der Waals surface area contributed by atoms with E-state index < -0.39 is 35.2 Å². The maximum atomic E-state index is 13.0. The molecule has 4 amide bonds. The Morgan fingerprint density at radius 1 is 0.632 bits per heavy atom. The van der Waals surface area contributed by atoms with Gasteiger partial charge in [0.05, 0.1) is 24.3 Å². The lowest BCUT2D eigenvalue weighted by atomic mass is 10.1. The molecule has 0 aromatic heterocycles. The first-order valence-electron chi connectivity index (χ1n) is 12.4. The van der Waals surface area contributed by atoms with Crippen molar-refractivity contribution in [3.63, 3.8) is 0 Å². The topological polar surface area (TPSA) is 153 Å². The molecule has 0 spiro atoms. The Balaban J connectivity index is 3.33. The second-order valence-corrected chi connectivity index (χ2v) is 11.4. The van der Waals surface area contributed by atoms with Gasteiger partial charge in [-0.15, -0.1) is 0 Å². The van der Waals surface area contributed by atoms with Crippen molar-refractivity contribution in [2.45, 2.75) is 80.4 Å². The van der Waals surface area contributed by atoms with Crippen LogP contribution in [0.15, 0.2) is 12.1 Å². The molecule has 0 saturated carbocycles. The highest BCUT2D eigenvalue weighted by atomic mass is 16.6. The first-order valence-corrected chi connectivity index (χ1v) is 12.4. The van der Waals surface area contributed by atoms with Crippen molar-refractivity contribution in [2.24, 2.45) is 11.8 Å². The van der Waals surface area contributed by atoms with Gasteiger partial charge >= 0.3 is 12.2 Å². The van der Waals surface area contributed by atoms with Crippen LogP contribution in [0.3, 0.4) is 0 Å². The number of nitrogens with one attached hydrogen (secondary N) is 4. The van der Waals surface area contributed by atoms with Gasteiger partial charge in [-0.25, -0.2) is 20.4 Å². The van der Waals surface area contributed by atoms with E-state index in [0.29, 0.717) is 0 Å². The molecule has 0 bridgehead atoms. The molecule has 0 saturated heterocycles. The van der Waals surface area contributed by atoms with E-state index in [1.165, 1.54) is 12.1 Å². The van der Waals surface area contributed by atoms with Crippen LogP contribution in [0.4, 0.5) is 9.59 Å². The second-order valence-electron chi connectivity index (χ2n) is 11.4. The predicted molar refractivity (Wildman–Crippen MR) is 141 cm³/mol. The lowest BCUT2D eigenvalue weighted by molar-refractivity contribution is 0.0477. The van der Waals surface area contributed by atoms with E-state index in [9.17, 15) is 19.2 Å². The number of hydrogen-bond acceptors (Lipinski definition) is 8. The third-order valence-electron chi connectivity index (χ3n) is 4.07. The van der Waals surface area contributed by atoms with Crippen molar-refractivity contribution in [1.29, 1.82) is 0 Å². The zero-order chi connectivity index (χ0) is 29.3. The second kappa shape index (κ2) is 13.7. The van der Waals surface area contributed by atoms with E-state index in [1.807, 2.05) is 27.7 Å². The molecule has 0 aliphatic carbocycles. The molecule has 1 aromatic carbocycles. The molecule has 0 fully saturated rings. The van der Waals surface area contributed by atoms with Crippen molar-refractivity contribution in [2.75, 3.05) is 13.2 Å². The number of amides is 4. The molecule has 0 aliphatic rings. The Morgan fingerprint density at radius 3 is 1.26 bits per heavy atom. The summed E-state index contributed by atoms with van der Waals surface area (Å²) in [5.74, 6) is -0.993. The van der Waals surface area contributed by atoms with Gasteiger partial charge in [-0.2, -0.15) is 0 Å². The molecular weight excluding hydrogens is 496 g/mol. The van der Waals surface area contributed by atoms with E-state index in [-0.39, 0.29) is 47.7 Å². The molecule has 38 heavy (non-hydrogen) atoms. The summed E-state index contributed by atoms with van der Waals surface area (Å²) in [6, 6.07) is 2.68. The van der Waals surface area contributed by atoms with Crippen LogP contribution in [0, 0.1) is 11.8 Å². The SMILES string of the molecule is CC(C)COc1cc(OCC(C)C)c(C(=O)NNC(=O)OC(C)(C)C)cc1C(=O)NNC(=O)OC(C)(C)C. The van der Waals surface area contributed by atoms with Crippen molar-refractivity contribution in [3.05, 3.63) is 23.3 Å². The Kier molecular flexibility index (Phi) is 11.7. The highest BCUT2D eigenvalue weighted by molar-refractivity contribution is 6.03. The van der Waals surface area contributed by atoms with E-state index in [4.69, 9.17) is 18.9 Å². The molecule has 1 aromatic rings. The minimum absolute atomic E-state index is 0.0546. The first kappa shape index (κ1) is 32.3. The van der Waals surface area contributed by atoms with Gasteiger partial charge in [0.15, 0.2) is 0 Å². The number of rotatable bonds is 8. The van der Waals surface area contributed by atoms with Gasteiger partial charge in [-0.1, -0.05) is 27.7 Å². The number of hydrazine groups is 2. The van der Waals surface area contributed by atoms with Gasteiger partial charge in [0.2, 0.25) is 0 Å². The summed E-state index contributed by atoms with van der Waals surface area (Å²) >= 11 is 0. The average Bonchev–Trinajstić information content (AvgIpc) is 2.75. The summed E-state index contributed by atoms with van der Waals surface area (Å²) in [6.45, 7) is 18.4. The molecule has 0 aliphatic heterocycles. The highest BCUT2D eigenvalue weighted by Gasteiger charge is 2.24. The van der Waals surface area contributed by atoms with Gasteiger partial charge in [-0.3, -0.25) is 20.4 Å². The molecule has 0 unspecified atom stereocenters. The maximum Gasteiger partial charge on any atom is 0.426 e. The number of carbonyl (C=O) groups is 4. The van der Waals surface area contributed by atoms with E-state index in [1.54, 1.807) is 41.5 Å². The molecule has 1 rings (SSSR count). The highest BCUT2D eigenvalue weighted by Crippen LogP contribution is 2.30. The van der Waals surface area contributed by atoms with Crippen molar-refractivity contribution in [1.82, 2.24) is 21.7 Å². The van der Waals surface area contributed by atoms with E-state index >= 15 is 0 Å². The van der Waals surface area contributed by atoms with Gasteiger partial charge in [0, 0.05) is 6.07 Å². The molecule has 0 radical (unpaired) electrons. The van der Waals surface area contributed by atoms with E-state index in [2.05, 4.69) is 21.7 Å². The van der Waals surface area contributed by atoms with Gasteiger partial charge < -0.3 is 18.9 Å². The van der Waals surface area contributed by atoms with Gasteiger partial charge in [0.25, 0.3) is 11.8 Å². The zero-order valence-corrected chi connectivity index (χ0v) is 24.0. The third kappa shape index (κ3) is 12.5. The van der Waals surface area contributed by atoms with Gasteiger partial charge in [0.1, 0.15) is 22.7 Å². The normalized spacial score (nSPS) is 11.5. The van der Waals surface area contributed by atoms with Crippen LogP contribution in [0.25, 0.3) is 0 Å². The molecule has 0 atom stereocenters. The first-order chi connectivity index (χ1) is 17.4. The monoisotopic (exact) mass is 538 g/mol. The maximum absolute atomic E-state index is 13.0. The quantitative estimate of drug-likeness (QED) is 0.361. The summed E-state index contributed by atoms with van der Waals surface area (Å²) in [4.78, 5) is 50.1. The van der Waals surface area contributed by atoms with Gasteiger partial charge in [-0.05, 0) is 59.4 Å². The molecular formula is C26H42N4O8. The molecule has 12 nitrogen and oxygen atoms in total. The van der Waals surface area contributed by atoms with Crippen LogP contribution < -0.4 is 31.2 Å². The van der Waals surface area contributed by atoms with Crippen molar-refractivity contribution in [3.8, 4) is 11.5 Å². The Hall–Kier alpha value is -3.70. The lowest BCUT2D eigenvalue weighted by Gasteiger charge is -2.21. The summed E-state index contributed by atoms with van der Waals surface area (Å²) in [6.07, 6.45) is -1.74. The molecule has 214 valence electrons. The minimum atomic E-state index is -0.869. The third-order valence-corrected chi connectivity index (χ3v) is 4.07. The molecule has 0 heterocycles. The number of hydrogen-bond donors (Lipinski definition) is 4. The fraction of sp³-hybridized carbons (Fsp3) is 0.615. The Morgan fingerprint density at radius 2 is 0.974 bits per heavy atom. The zero-order valence-electron chi connectivity index (χ0n) is 24.0. The lowest BCUT2D eigenvalue weighted by Crippen LogP contribution is -2.45. The fourth-order valence-corrected chi connectivity index (χ4v) is 2.63. The smallest absolute Gasteiger partial charge is 0.426 e. The number of ether oxygens (including phenoxy) is 4. The largest absolute Gasteiger partial charge is 0.492 e. The van der Waals surface area contributed by atoms with Crippen LogP contribution in [-0.4, -0.2) is 48.4 Å². The number of carbonyl (C=O) groups excluding carboxylic acids is 4. The molecule has 4 N–H and O–H groups in total. The van der Waals surface area contributed by atoms with Crippen LogP contribution in [0.5, 0.6) is 11.5 Å². The van der Waals surface area contributed by atoms with Crippen LogP contribution >= 0.6 is 0 Å².